The maximum Gasteiger partial charge on any atom is 0.270 e. The van der Waals surface area contributed by atoms with Crippen LogP contribution < -0.4 is 10.6 Å². The second-order valence-electron chi connectivity index (χ2n) is 7.34. The van der Waals surface area contributed by atoms with Gasteiger partial charge in [0.25, 0.3) is 5.91 Å². The Hall–Kier alpha value is -1.80. The molecule has 4 rings (SSSR count). The first-order valence-electron chi connectivity index (χ1n) is 9.52. The SMILES string of the molecule is Cc1nc(C2CCCC2)sc1C(=O)Nc1nc(C2CCNCC2)nn1C. The molecule has 0 atom stereocenters. The minimum absolute atomic E-state index is 0.128. The number of anilines is 1. The van der Waals surface area contributed by atoms with Crippen molar-refractivity contribution in [2.24, 2.45) is 7.05 Å². The van der Waals surface area contributed by atoms with Crippen LogP contribution in [0, 0.1) is 6.92 Å². The van der Waals surface area contributed by atoms with Crippen molar-refractivity contribution in [2.75, 3.05) is 18.4 Å². The summed E-state index contributed by atoms with van der Waals surface area (Å²) in [6, 6.07) is 0. The maximum absolute atomic E-state index is 12.8. The Balaban J connectivity index is 1.48. The van der Waals surface area contributed by atoms with Gasteiger partial charge in [-0.2, -0.15) is 10.1 Å². The van der Waals surface area contributed by atoms with Crippen LogP contribution >= 0.6 is 11.3 Å². The van der Waals surface area contributed by atoms with Crippen molar-refractivity contribution < 1.29 is 4.79 Å². The van der Waals surface area contributed by atoms with Crippen molar-refractivity contribution in [3.05, 3.63) is 21.4 Å². The van der Waals surface area contributed by atoms with E-state index in [1.165, 1.54) is 37.0 Å². The molecule has 1 aliphatic carbocycles. The van der Waals surface area contributed by atoms with E-state index < -0.39 is 0 Å². The van der Waals surface area contributed by atoms with Crippen molar-refractivity contribution in [1.29, 1.82) is 0 Å². The third kappa shape index (κ3) is 3.53. The average Bonchev–Trinajstić information content (AvgIpc) is 3.36. The predicted octanol–water partition coefficient (Wildman–Crippen LogP) is 2.96. The number of thiazole rings is 1. The minimum Gasteiger partial charge on any atom is -0.317 e. The van der Waals surface area contributed by atoms with Crippen LogP contribution in [-0.2, 0) is 7.05 Å². The molecule has 1 saturated carbocycles. The number of amides is 1. The fraction of sp³-hybridized carbons (Fsp3) is 0.667. The van der Waals surface area contributed by atoms with Gasteiger partial charge in [-0.15, -0.1) is 11.3 Å². The molecule has 2 aromatic heterocycles. The van der Waals surface area contributed by atoms with Gasteiger partial charge in [-0.3, -0.25) is 10.1 Å². The fourth-order valence-corrected chi connectivity index (χ4v) is 5.03. The summed E-state index contributed by atoms with van der Waals surface area (Å²) >= 11 is 1.54. The lowest BCUT2D eigenvalue weighted by molar-refractivity contribution is 0.102. The maximum atomic E-state index is 12.8. The highest BCUT2D eigenvalue weighted by atomic mass is 32.1. The lowest BCUT2D eigenvalue weighted by atomic mass is 9.98. The van der Waals surface area contributed by atoms with Crippen LogP contribution in [-0.4, -0.2) is 38.7 Å². The van der Waals surface area contributed by atoms with Gasteiger partial charge in [0, 0.05) is 18.9 Å². The molecular weight excluding hydrogens is 348 g/mol. The largest absolute Gasteiger partial charge is 0.317 e. The molecule has 3 heterocycles. The van der Waals surface area contributed by atoms with Gasteiger partial charge in [-0.25, -0.2) is 9.67 Å². The molecule has 26 heavy (non-hydrogen) atoms. The van der Waals surface area contributed by atoms with Crippen LogP contribution in [0.3, 0.4) is 0 Å². The summed E-state index contributed by atoms with van der Waals surface area (Å²) in [5.74, 6) is 2.11. The van der Waals surface area contributed by atoms with E-state index in [4.69, 9.17) is 0 Å². The molecule has 0 unspecified atom stereocenters. The first-order valence-corrected chi connectivity index (χ1v) is 10.3. The van der Waals surface area contributed by atoms with Gasteiger partial charge in [0.15, 0.2) is 5.82 Å². The topological polar surface area (TPSA) is 84.7 Å². The lowest BCUT2D eigenvalue weighted by Gasteiger charge is -2.19. The average molecular weight is 375 g/mol. The summed E-state index contributed by atoms with van der Waals surface area (Å²) in [4.78, 5) is 22.7. The summed E-state index contributed by atoms with van der Waals surface area (Å²) < 4.78 is 1.67. The van der Waals surface area contributed by atoms with Crippen LogP contribution in [0.4, 0.5) is 5.95 Å². The molecule has 2 N–H and O–H groups in total. The zero-order valence-electron chi connectivity index (χ0n) is 15.4. The van der Waals surface area contributed by atoms with Crippen molar-refractivity contribution >= 4 is 23.2 Å². The highest BCUT2D eigenvalue weighted by molar-refractivity contribution is 7.14. The Bertz CT molecular complexity index is 786. The Morgan fingerprint density at radius 3 is 2.62 bits per heavy atom. The number of nitrogens with zero attached hydrogens (tertiary/aromatic N) is 4. The van der Waals surface area contributed by atoms with Crippen molar-refractivity contribution in [3.63, 3.8) is 0 Å². The molecule has 0 aromatic carbocycles. The first-order chi connectivity index (χ1) is 12.6. The summed E-state index contributed by atoms with van der Waals surface area (Å²) in [6.07, 6.45) is 6.99. The molecule has 8 heteroatoms. The second-order valence-corrected chi connectivity index (χ2v) is 8.37. The Morgan fingerprint density at radius 2 is 1.88 bits per heavy atom. The number of carbonyl (C=O) groups excluding carboxylic acids is 1. The van der Waals surface area contributed by atoms with Gasteiger partial charge in [-0.1, -0.05) is 12.8 Å². The molecule has 2 aliphatic rings. The zero-order valence-corrected chi connectivity index (χ0v) is 16.2. The van der Waals surface area contributed by atoms with Crippen LogP contribution in [0.25, 0.3) is 0 Å². The molecule has 1 saturated heterocycles. The highest BCUT2D eigenvalue weighted by Crippen LogP contribution is 2.37. The summed E-state index contributed by atoms with van der Waals surface area (Å²) in [6.45, 7) is 3.91. The first kappa shape index (κ1) is 17.6. The Morgan fingerprint density at radius 1 is 1.15 bits per heavy atom. The monoisotopic (exact) mass is 374 g/mol. The number of carbonyl (C=O) groups is 1. The molecule has 7 nitrogen and oxygen atoms in total. The highest BCUT2D eigenvalue weighted by Gasteiger charge is 2.25. The Labute approximate surface area is 157 Å². The predicted molar refractivity (Wildman–Crippen MR) is 102 cm³/mol. The molecule has 1 aliphatic heterocycles. The van der Waals surface area contributed by atoms with E-state index in [0.29, 0.717) is 22.7 Å². The Kier molecular flexibility index (Phi) is 5.04. The van der Waals surface area contributed by atoms with Crippen LogP contribution in [0.1, 0.15) is 76.6 Å². The number of nitrogens with one attached hydrogen (secondary N) is 2. The van der Waals surface area contributed by atoms with E-state index in [-0.39, 0.29) is 5.91 Å². The summed E-state index contributed by atoms with van der Waals surface area (Å²) in [7, 11) is 1.83. The van der Waals surface area contributed by atoms with Crippen LogP contribution in [0.2, 0.25) is 0 Å². The van der Waals surface area contributed by atoms with Crippen molar-refractivity contribution in [1.82, 2.24) is 25.1 Å². The summed E-state index contributed by atoms with van der Waals surface area (Å²) in [5.41, 5.74) is 0.815. The number of hydrogen-bond donors (Lipinski definition) is 2. The lowest BCUT2D eigenvalue weighted by Crippen LogP contribution is -2.27. The normalized spacial score (nSPS) is 19.2. The van der Waals surface area contributed by atoms with E-state index in [2.05, 4.69) is 25.7 Å². The van der Waals surface area contributed by atoms with Gasteiger partial charge in [-0.05, 0) is 45.7 Å². The molecule has 0 spiro atoms. The van der Waals surface area contributed by atoms with Gasteiger partial charge >= 0.3 is 0 Å². The fourth-order valence-electron chi connectivity index (χ4n) is 3.90. The molecule has 0 radical (unpaired) electrons. The second kappa shape index (κ2) is 7.44. The number of aryl methyl sites for hydroxylation is 2. The van der Waals surface area contributed by atoms with Gasteiger partial charge in [0.2, 0.25) is 5.95 Å². The summed E-state index contributed by atoms with van der Waals surface area (Å²) in [5, 5.41) is 11.9. The van der Waals surface area contributed by atoms with E-state index in [1.807, 2.05) is 14.0 Å². The smallest absolute Gasteiger partial charge is 0.270 e. The van der Waals surface area contributed by atoms with Gasteiger partial charge in [0.1, 0.15) is 4.88 Å². The zero-order chi connectivity index (χ0) is 18.1. The van der Waals surface area contributed by atoms with Crippen LogP contribution in [0.5, 0.6) is 0 Å². The van der Waals surface area contributed by atoms with Crippen LogP contribution in [0.15, 0.2) is 0 Å². The quantitative estimate of drug-likeness (QED) is 0.859. The third-order valence-corrected chi connectivity index (χ3v) is 6.75. The van der Waals surface area contributed by atoms with Crippen molar-refractivity contribution in [3.8, 4) is 0 Å². The molecule has 1 amide bonds. The van der Waals surface area contributed by atoms with E-state index in [1.54, 1.807) is 4.68 Å². The minimum atomic E-state index is -0.128. The van der Waals surface area contributed by atoms with Gasteiger partial charge in [0.05, 0.1) is 10.7 Å². The molecule has 140 valence electrons. The van der Waals surface area contributed by atoms with Crippen molar-refractivity contribution in [2.45, 2.75) is 57.3 Å². The van der Waals surface area contributed by atoms with E-state index in [0.717, 1.165) is 42.5 Å². The molecular formula is C18H26N6OS. The third-order valence-electron chi connectivity index (χ3n) is 5.43. The standard InChI is InChI=1S/C18H26N6OS/c1-11-14(26-17(20-11)13-5-3-4-6-13)16(25)22-18-21-15(23-24(18)2)12-7-9-19-10-8-12/h12-13,19H,3-10H2,1-2H3,(H,21,22,23,25). The molecule has 0 bridgehead atoms. The van der Waals surface area contributed by atoms with Gasteiger partial charge < -0.3 is 5.32 Å². The van der Waals surface area contributed by atoms with E-state index >= 15 is 0 Å². The number of hydrogen-bond acceptors (Lipinski definition) is 6. The number of aromatic nitrogens is 4. The molecule has 2 aromatic rings. The number of piperidine rings is 1. The van der Waals surface area contributed by atoms with E-state index in [9.17, 15) is 4.79 Å². The number of rotatable bonds is 4. The molecule has 2 fully saturated rings.